The maximum absolute atomic E-state index is 6.46. The molecule has 1 heterocycles. The molecule has 0 aliphatic rings. The van der Waals surface area contributed by atoms with Gasteiger partial charge in [0.2, 0.25) is 0 Å². The second-order valence-corrected chi connectivity index (χ2v) is 5.14. The molecular weight excluding hydrogens is 236 g/mol. The first-order chi connectivity index (χ1) is 9.06. The molecule has 2 rings (SSSR count). The zero-order chi connectivity index (χ0) is 13.9. The molecule has 0 aliphatic heterocycles. The third kappa shape index (κ3) is 3.01. The van der Waals surface area contributed by atoms with Crippen molar-refractivity contribution in [1.29, 1.82) is 0 Å². The molecule has 4 nitrogen and oxygen atoms in total. The number of aryl methyl sites for hydroxylation is 2. The molecule has 0 fully saturated rings. The number of rotatable bonds is 5. The largest absolute Gasteiger partial charge is 0.321 e. The molecule has 2 N–H and O–H groups in total. The van der Waals surface area contributed by atoms with Crippen molar-refractivity contribution in [3.05, 3.63) is 47.5 Å². The van der Waals surface area contributed by atoms with Gasteiger partial charge in [-0.05, 0) is 31.4 Å². The molecule has 102 valence electrons. The van der Waals surface area contributed by atoms with E-state index < -0.39 is 5.54 Å². The van der Waals surface area contributed by atoms with E-state index in [-0.39, 0.29) is 0 Å². The topological polar surface area (TPSA) is 56.7 Å². The predicted molar refractivity (Wildman–Crippen MR) is 76.8 cm³/mol. The molecule has 19 heavy (non-hydrogen) atoms. The number of hydrogen-bond acceptors (Lipinski definition) is 3. The summed E-state index contributed by atoms with van der Waals surface area (Å²) in [7, 11) is 0. The van der Waals surface area contributed by atoms with Crippen molar-refractivity contribution >= 4 is 0 Å². The third-order valence-corrected chi connectivity index (χ3v) is 3.54. The van der Waals surface area contributed by atoms with E-state index in [2.05, 4.69) is 48.2 Å². The van der Waals surface area contributed by atoms with E-state index >= 15 is 0 Å². The first kappa shape index (κ1) is 13.7. The average molecular weight is 258 g/mol. The molecule has 4 heteroatoms. The van der Waals surface area contributed by atoms with Gasteiger partial charge in [0.1, 0.15) is 12.2 Å². The number of hydrogen-bond donors (Lipinski definition) is 1. The van der Waals surface area contributed by atoms with Crippen LogP contribution in [-0.4, -0.2) is 14.8 Å². The molecule has 0 saturated carbocycles. The van der Waals surface area contributed by atoms with Gasteiger partial charge in [-0.3, -0.25) is 4.68 Å². The van der Waals surface area contributed by atoms with Crippen molar-refractivity contribution in [2.45, 2.75) is 45.7 Å². The highest BCUT2D eigenvalue weighted by molar-refractivity contribution is 5.28. The average Bonchev–Trinajstić information content (AvgIpc) is 2.85. The van der Waals surface area contributed by atoms with Crippen LogP contribution in [0.5, 0.6) is 0 Å². The maximum Gasteiger partial charge on any atom is 0.138 e. The SMILES string of the molecule is CCc1ccc(C(C)(N)Cc2ncnn2CC)cc1. The Kier molecular flexibility index (Phi) is 4.00. The summed E-state index contributed by atoms with van der Waals surface area (Å²) in [5, 5.41) is 4.19. The molecule has 2 aromatic rings. The summed E-state index contributed by atoms with van der Waals surface area (Å²) in [5.41, 5.74) is 8.50. The maximum atomic E-state index is 6.46. The van der Waals surface area contributed by atoms with Crippen molar-refractivity contribution in [1.82, 2.24) is 14.8 Å². The van der Waals surface area contributed by atoms with Gasteiger partial charge < -0.3 is 5.73 Å². The first-order valence-electron chi connectivity index (χ1n) is 6.81. The lowest BCUT2D eigenvalue weighted by Crippen LogP contribution is -2.36. The van der Waals surface area contributed by atoms with Crippen LogP contribution in [0.4, 0.5) is 0 Å². The number of aromatic nitrogens is 3. The van der Waals surface area contributed by atoms with Gasteiger partial charge in [-0.2, -0.15) is 5.10 Å². The molecule has 0 spiro atoms. The van der Waals surface area contributed by atoms with E-state index in [1.807, 2.05) is 11.6 Å². The molecule has 1 aromatic carbocycles. The van der Waals surface area contributed by atoms with Crippen LogP contribution >= 0.6 is 0 Å². The monoisotopic (exact) mass is 258 g/mol. The lowest BCUT2D eigenvalue weighted by Gasteiger charge is -2.25. The molecular formula is C15H22N4. The van der Waals surface area contributed by atoms with Gasteiger partial charge in [-0.15, -0.1) is 0 Å². The Morgan fingerprint density at radius 2 is 1.89 bits per heavy atom. The second-order valence-electron chi connectivity index (χ2n) is 5.14. The Morgan fingerprint density at radius 1 is 1.21 bits per heavy atom. The van der Waals surface area contributed by atoms with Gasteiger partial charge >= 0.3 is 0 Å². The first-order valence-corrected chi connectivity index (χ1v) is 6.81. The van der Waals surface area contributed by atoms with E-state index in [0.29, 0.717) is 6.42 Å². The van der Waals surface area contributed by atoms with Gasteiger partial charge in [0.25, 0.3) is 0 Å². The van der Waals surface area contributed by atoms with E-state index in [9.17, 15) is 0 Å². The Bertz CT molecular complexity index is 525. The molecule has 0 aliphatic carbocycles. The van der Waals surface area contributed by atoms with Gasteiger partial charge in [0.15, 0.2) is 0 Å². The van der Waals surface area contributed by atoms with Crippen molar-refractivity contribution in [2.75, 3.05) is 0 Å². The van der Waals surface area contributed by atoms with Crippen molar-refractivity contribution in [3.63, 3.8) is 0 Å². The summed E-state index contributed by atoms with van der Waals surface area (Å²) in [6, 6.07) is 8.52. The fourth-order valence-electron chi connectivity index (χ4n) is 2.24. The lowest BCUT2D eigenvalue weighted by molar-refractivity contribution is 0.457. The van der Waals surface area contributed by atoms with Gasteiger partial charge in [-0.25, -0.2) is 4.98 Å². The lowest BCUT2D eigenvalue weighted by atomic mass is 9.88. The summed E-state index contributed by atoms with van der Waals surface area (Å²) in [4.78, 5) is 4.30. The molecule has 0 amide bonds. The standard InChI is InChI=1S/C15H22N4/c1-4-12-6-8-13(9-7-12)15(3,16)10-14-17-11-18-19(14)5-2/h6-9,11H,4-5,10,16H2,1-3H3. The minimum atomic E-state index is -0.424. The van der Waals surface area contributed by atoms with Crippen molar-refractivity contribution < 1.29 is 0 Å². The number of benzene rings is 1. The molecule has 1 atom stereocenters. The number of nitrogens with two attached hydrogens (primary N) is 1. The van der Waals surface area contributed by atoms with Crippen molar-refractivity contribution in [2.24, 2.45) is 5.73 Å². The van der Waals surface area contributed by atoms with E-state index in [0.717, 1.165) is 24.4 Å². The highest BCUT2D eigenvalue weighted by atomic mass is 15.3. The molecule has 0 radical (unpaired) electrons. The smallest absolute Gasteiger partial charge is 0.138 e. The Hall–Kier alpha value is -1.68. The Morgan fingerprint density at radius 3 is 2.47 bits per heavy atom. The van der Waals surface area contributed by atoms with Crippen LogP contribution < -0.4 is 5.73 Å². The van der Waals surface area contributed by atoms with E-state index in [1.165, 1.54) is 5.56 Å². The Labute approximate surface area is 114 Å². The predicted octanol–water partition coefficient (Wildman–Crippen LogP) is 2.28. The zero-order valence-electron chi connectivity index (χ0n) is 11.9. The molecule has 1 aromatic heterocycles. The van der Waals surface area contributed by atoms with Crippen LogP contribution in [0.2, 0.25) is 0 Å². The van der Waals surface area contributed by atoms with Crippen LogP contribution in [0.3, 0.4) is 0 Å². The zero-order valence-corrected chi connectivity index (χ0v) is 11.9. The highest BCUT2D eigenvalue weighted by Gasteiger charge is 2.24. The van der Waals surface area contributed by atoms with Crippen LogP contribution in [0.1, 0.15) is 37.7 Å². The molecule has 1 unspecified atom stereocenters. The van der Waals surface area contributed by atoms with E-state index in [4.69, 9.17) is 5.73 Å². The fourth-order valence-corrected chi connectivity index (χ4v) is 2.24. The minimum Gasteiger partial charge on any atom is -0.321 e. The van der Waals surface area contributed by atoms with Crippen LogP contribution in [-0.2, 0) is 24.9 Å². The summed E-state index contributed by atoms with van der Waals surface area (Å²) in [6.45, 7) is 7.07. The van der Waals surface area contributed by atoms with Gasteiger partial charge in [0, 0.05) is 18.5 Å². The van der Waals surface area contributed by atoms with Crippen molar-refractivity contribution in [3.8, 4) is 0 Å². The van der Waals surface area contributed by atoms with Crippen LogP contribution in [0.25, 0.3) is 0 Å². The summed E-state index contributed by atoms with van der Waals surface area (Å²) in [6.07, 6.45) is 3.33. The summed E-state index contributed by atoms with van der Waals surface area (Å²) < 4.78 is 1.89. The second kappa shape index (κ2) is 5.53. The van der Waals surface area contributed by atoms with E-state index in [1.54, 1.807) is 6.33 Å². The van der Waals surface area contributed by atoms with Gasteiger partial charge in [-0.1, -0.05) is 31.2 Å². The highest BCUT2D eigenvalue weighted by Crippen LogP contribution is 2.22. The fraction of sp³-hybridized carbons (Fsp3) is 0.467. The third-order valence-electron chi connectivity index (χ3n) is 3.54. The quantitative estimate of drug-likeness (QED) is 0.895. The minimum absolute atomic E-state index is 0.424. The van der Waals surface area contributed by atoms with Crippen LogP contribution in [0, 0.1) is 0 Å². The molecule has 0 saturated heterocycles. The summed E-state index contributed by atoms with van der Waals surface area (Å²) >= 11 is 0. The Balaban J connectivity index is 2.21. The van der Waals surface area contributed by atoms with Gasteiger partial charge in [0.05, 0.1) is 0 Å². The molecule has 0 bridgehead atoms. The summed E-state index contributed by atoms with van der Waals surface area (Å²) in [5.74, 6) is 0.937. The normalized spacial score (nSPS) is 14.3. The number of nitrogens with zero attached hydrogens (tertiary/aromatic N) is 3. The van der Waals surface area contributed by atoms with Crippen LogP contribution in [0.15, 0.2) is 30.6 Å².